The lowest BCUT2D eigenvalue weighted by molar-refractivity contribution is -0.142. The first-order valence-corrected chi connectivity index (χ1v) is 11.7. The summed E-state index contributed by atoms with van der Waals surface area (Å²) < 4.78 is 0. The number of hydrogen-bond donors (Lipinski definition) is 3. The van der Waals surface area contributed by atoms with Crippen molar-refractivity contribution in [2.24, 2.45) is 5.41 Å². The Labute approximate surface area is 199 Å². The van der Waals surface area contributed by atoms with Crippen LogP contribution in [0.15, 0.2) is 24.3 Å². The maximum atomic E-state index is 12.8. The molecule has 10 heteroatoms. The van der Waals surface area contributed by atoms with Crippen molar-refractivity contribution in [2.45, 2.75) is 45.3 Å². The molecule has 2 heterocycles. The Balaban J connectivity index is 1.45. The minimum absolute atomic E-state index is 0.0610. The second-order valence-electron chi connectivity index (χ2n) is 9.16. The lowest BCUT2D eigenvalue weighted by Crippen LogP contribution is -2.58. The fraction of sp³-hybridized carbons (Fsp3) is 0.609. The van der Waals surface area contributed by atoms with Crippen molar-refractivity contribution in [3.63, 3.8) is 0 Å². The van der Waals surface area contributed by atoms with E-state index in [4.69, 9.17) is 11.6 Å². The molecule has 2 aliphatic heterocycles. The summed E-state index contributed by atoms with van der Waals surface area (Å²) in [4.78, 5) is 42.8. The van der Waals surface area contributed by atoms with Gasteiger partial charge in [0.15, 0.2) is 0 Å². The summed E-state index contributed by atoms with van der Waals surface area (Å²) in [5, 5.41) is 23.0. The third-order valence-corrected chi connectivity index (χ3v) is 7.00. The summed E-state index contributed by atoms with van der Waals surface area (Å²) in [5.41, 5.74) is -0.00633. The Bertz CT molecular complexity index is 884. The number of piperidine rings is 1. The molecule has 0 bridgehead atoms. The lowest BCUT2D eigenvalue weighted by Gasteiger charge is -2.42. The smallest absolute Gasteiger partial charge is 0.322 e. The highest BCUT2D eigenvalue weighted by Gasteiger charge is 2.39. The predicted octanol–water partition coefficient (Wildman–Crippen LogP) is 1.78. The van der Waals surface area contributed by atoms with Gasteiger partial charge in [-0.3, -0.25) is 9.59 Å². The van der Waals surface area contributed by atoms with Gasteiger partial charge in [-0.05, 0) is 38.0 Å². The summed E-state index contributed by atoms with van der Waals surface area (Å²) in [6, 6.07) is 5.86. The number of carbonyl (C=O) groups excluding carboxylic acids is 3. The normalized spacial score (nSPS) is 25.8. The number of aliphatic hydroxyl groups is 2. The molecule has 0 spiro atoms. The highest BCUT2D eigenvalue weighted by molar-refractivity contribution is 6.30. The van der Waals surface area contributed by atoms with Gasteiger partial charge in [0.25, 0.3) is 0 Å². The van der Waals surface area contributed by atoms with Gasteiger partial charge in [-0.15, -0.1) is 0 Å². The molecule has 3 rings (SSSR count). The largest absolute Gasteiger partial charge is 0.396 e. The highest BCUT2D eigenvalue weighted by atomic mass is 35.5. The lowest BCUT2D eigenvalue weighted by atomic mass is 9.78. The number of halogens is 1. The van der Waals surface area contributed by atoms with Crippen molar-refractivity contribution >= 4 is 35.1 Å². The molecule has 4 amide bonds. The molecule has 0 saturated carbocycles. The zero-order chi connectivity index (χ0) is 24.2. The second kappa shape index (κ2) is 10.7. The number of nitrogens with zero attached hydrogens (tertiary/aromatic N) is 3. The van der Waals surface area contributed by atoms with E-state index >= 15 is 0 Å². The van der Waals surface area contributed by atoms with E-state index in [9.17, 15) is 24.6 Å². The Hall–Kier alpha value is -2.36. The van der Waals surface area contributed by atoms with E-state index in [1.165, 1.54) is 4.90 Å². The monoisotopic (exact) mass is 480 g/mol. The number of urea groups is 1. The molecule has 2 saturated heterocycles. The first-order chi connectivity index (χ1) is 15.6. The van der Waals surface area contributed by atoms with Crippen molar-refractivity contribution < 1.29 is 24.6 Å². The third-order valence-electron chi connectivity index (χ3n) is 6.77. The fourth-order valence-corrected chi connectivity index (χ4v) is 4.45. The number of β-amino-alcohol motifs (C(OH)–C–C–N with tert-alkyl or cyclic N) is 1. The third kappa shape index (κ3) is 5.96. The Morgan fingerprint density at radius 1 is 1.27 bits per heavy atom. The van der Waals surface area contributed by atoms with Crippen LogP contribution in [0.4, 0.5) is 10.5 Å². The molecule has 0 radical (unpaired) electrons. The van der Waals surface area contributed by atoms with Crippen molar-refractivity contribution in [3.8, 4) is 0 Å². The Kier molecular flexibility index (Phi) is 8.20. The molecule has 3 atom stereocenters. The van der Waals surface area contributed by atoms with Gasteiger partial charge >= 0.3 is 6.03 Å². The number of anilines is 1. The molecule has 1 aromatic rings. The van der Waals surface area contributed by atoms with Crippen molar-refractivity contribution in [2.75, 3.05) is 44.6 Å². The molecule has 1 aromatic carbocycles. The predicted molar refractivity (Wildman–Crippen MR) is 125 cm³/mol. The number of aliphatic hydroxyl groups excluding tert-OH is 2. The van der Waals surface area contributed by atoms with Crippen LogP contribution in [-0.2, 0) is 9.59 Å². The second-order valence-corrected chi connectivity index (χ2v) is 9.59. The van der Waals surface area contributed by atoms with Gasteiger partial charge < -0.3 is 30.2 Å². The molecule has 9 nitrogen and oxygen atoms in total. The molecule has 0 aromatic heterocycles. The molecule has 2 aliphatic rings. The SMILES string of the molecule is CC1C(=O)N(CCCC(=O)N2CCC(C)(CO)C(O)C2)CCN1C(=O)Nc1cccc(Cl)c1. The van der Waals surface area contributed by atoms with Gasteiger partial charge in [-0.25, -0.2) is 4.79 Å². The number of hydrogen-bond acceptors (Lipinski definition) is 5. The average molecular weight is 481 g/mol. The van der Waals surface area contributed by atoms with Crippen LogP contribution in [0.5, 0.6) is 0 Å². The summed E-state index contributed by atoms with van der Waals surface area (Å²) in [5.74, 6) is -0.212. The number of amides is 4. The van der Waals surface area contributed by atoms with Gasteiger partial charge in [0, 0.05) is 55.3 Å². The van der Waals surface area contributed by atoms with Crippen molar-refractivity contribution in [1.29, 1.82) is 0 Å². The molecule has 3 unspecified atom stereocenters. The van der Waals surface area contributed by atoms with Crippen LogP contribution in [-0.4, -0.2) is 94.2 Å². The van der Waals surface area contributed by atoms with E-state index in [1.807, 2.05) is 6.92 Å². The summed E-state index contributed by atoms with van der Waals surface area (Å²) in [6.45, 7) is 5.35. The minimum Gasteiger partial charge on any atom is -0.396 e. The van der Waals surface area contributed by atoms with Gasteiger partial charge in [-0.2, -0.15) is 0 Å². The zero-order valence-corrected chi connectivity index (χ0v) is 19.9. The number of carbonyl (C=O) groups is 3. The number of rotatable bonds is 6. The van der Waals surface area contributed by atoms with Crippen LogP contribution < -0.4 is 5.32 Å². The van der Waals surface area contributed by atoms with Crippen LogP contribution in [0.2, 0.25) is 5.02 Å². The quantitative estimate of drug-likeness (QED) is 0.574. The molecular weight excluding hydrogens is 448 g/mol. The first-order valence-electron chi connectivity index (χ1n) is 11.3. The van der Waals surface area contributed by atoms with E-state index < -0.39 is 17.6 Å². The Morgan fingerprint density at radius 2 is 2.03 bits per heavy atom. The zero-order valence-electron chi connectivity index (χ0n) is 19.2. The van der Waals surface area contributed by atoms with E-state index in [1.54, 1.807) is 41.0 Å². The van der Waals surface area contributed by atoms with Crippen LogP contribution in [0.3, 0.4) is 0 Å². The van der Waals surface area contributed by atoms with Gasteiger partial charge in [-0.1, -0.05) is 24.6 Å². The molecule has 182 valence electrons. The van der Waals surface area contributed by atoms with Crippen molar-refractivity contribution in [1.82, 2.24) is 14.7 Å². The van der Waals surface area contributed by atoms with E-state index in [2.05, 4.69) is 5.32 Å². The number of piperazine rings is 1. The van der Waals surface area contributed by atoms with Crippen molar-refractivity contribution in [3.05, 3.63) is 29.3 Å². The number of likely N-dealkylation sites (tertiary alicyclic amines) is 1. The molecule has 3 N–H and O–H groups in total. The van der Waals surface area contributed by atoms with E-state index in [0.717, 1.165) is 0 Å². The minimum atomic E-state index is -0.756. The van der Waals surface area contributed by atoms with Crippen LogP contribution in [0.1, 0.15) is 33.1 Å². The van der Waals surface area contributed by atoms with Gasteiger partial charge in [0.05, 0.1) is 12.7 Å². The highest BCUT2D eigenvalue weighted by Crippen LogP contribution is 2.31. The van der Waals surface area contributed by atoms with Crippen LogP contribution in [0, 0.1) is 5.41 Å². The Morgan fingerprint density at radius 3 is 2.70 bits per heavy atom. The summed E-state index contributed by atoms with van der Waals surface area (Å²) in [6.07, 6.45) is 0.579. The first kappa shape index (κ1) is 25.3. The number of benzene rings is 1. The maximum Gasteiger partial charge on any atom is 0.322 e. The maximum absolute atomic E-state index is 12.8. The molecular formula is C23H33ClN4O5. The van der Waals surface area contributed by atoms with Gasteiger partial charge in [0.2, 0.25) is 11.8 Å². The fourth-order valence-electron chi connectivity index (χ4n) is 4.26. The summed E-state index contributed by atoms with van der Waals surface area (Å²) in [7, 11) is 0. The van der Waals surface area contributed by atoms with Crippen LogP contribution >= 0.6 is 11.6 Å². The standard InChI is InChI=1S/C23H33ClN4O5/c1-16-21(32)26(11-12-28(16)22(33)25-18-6-3-5-17(24)13-18)9-4-7-20(31)27-10-8-23(2,15-29)19(30)14-27/h3,5-6,13,16,19,29-30H,4,7-12,14-15H2,1-2H3,(H,25,33). The topological polar surface area (TPSA) is 113 Å². The summed E-state index contributed by atoms with van der Waals surface area (Å²) >= 11 is 5.96. The number of nitrogens with one attached hydrogen (secondary N) is 1. The molecule has 0 aliphatic carbocycles. The van der Waals surface area contributed by atoms with E-state index in [0.29, 0.717) is 49.7 Å². The van der Waals surface area contributed by atoms with Gasteiger partial charge in [0.1, 0.15) is 6.04 Å². The molecule has 2 fully saturated rings. The van der Waals surface area contributed by atoms with Crippen LogP contribution in [0.25, 0.3) is 0 Å². The molecule has 33 heavy (non-hydrogen) atoms. The average Bonchev–Trinajstić information content (AvgIpc) is 2.78. The van der Waals surface area contributed by atoms with E-state index in [-0.39, 0.29) is 37.4 Å².